The Bertz CT molecular complexity index is 972. The molecule has 32 heavy (non-hydrogen) atoms. The first kappa shape index (κ1) is 23.1. The summed E-state index contributed by atoms with van der Waals surface area (Å²) in [6, 6.07) is 3.40. The number of hydrogen-bond acceptors (Lipinski definition) is 7. The molecule has 0 saturated carbocycles. The number of carbonyl (C=O) groups excluding carboxylic acids is 6. The molecule has 0 aromatic heterocycles. The molecule has 10 nitrogen and oxygen atoms in total. The van der Waals surface area contributed by atoms with Gasteiger partial charge in [0.05, 0.1) is 11.1 Å². The molecule has 1 unspecified atom stereocenters. The average Bonchev–Trinajstić information content (AvgIpc) is 3.01. The summed E-state index contributed by atoms with van der Waals surface area (Å²) < 4.78 is 5.54. The van der Waals surface area contributed by atoms with E-state index in [1.54, 1.807) is 0 Å². The number of rotatable bonds is 10. The van der Waals surface area contributed by atoms with Crippen LogP contribution in [0.2, 0.25) is 0 Å². The first-order valence-corrected chi connectivity index (χ1v) is 10.6. The number of carbonyl (C=O) groups is 6. The van der Waals surface area contributed by atoms with Crippen molar-refractivity contribution in [3.8, 4) is 5.75 Å². The van der Waals surface area contributed by atoms with E-state index in [1.165, 1.54) is 18.2 Å². The Morgan fingerprint density at radius 3 is 2.59 bits per heavy atom. The lowest BCUT2D eigenvalue weighted by atomic mass is 10.0. The van der Waals surface area contributed by atoms with Gasteiger partial charge in [0, 0.05) is 25.8 Å². The standard InChI is InChI=1S/C22H25N3O7/c1-2-23-17(27)9-4-3-6-13(26)12-32-16-8-5-7-14-19(16)22(31)25(21(14)30)15-10-11-18(28)24-20(15)29/h5,7-8,15H,2-4,6,9-12H2,1H3,(H,23,27)(H,24,28,29). The smallest absolute Gasteiger partial charge is 0.266 e. The molecule has 5 amide bonds. The minimum atomic E-state index is -1.07. The lowest BCUT2D eigenvalue weighted by Crippen LogP contribution is -2.54. The van der Waals surface area contributed by atoms with Crippen LogP contribution < -0.4 is 15.4 Å². The number of nitrogens with one attached hydrogen (secondary N) is 2. The topological polar surface area (TPSA) is 139 Å². The zero-order chi connectivity index (χ0) is 23.3. The molecule has 0 spiro atoms. The molecule has 170 valence electrons. The van der Waals surface area contributed by atoms with Gasteiger partial charge in [-0.1, -0.05) is 6.07 Å². The highest BCUT2D eigenvalue weighted by Gasteiger charge is 2.46. The molecule has 0 radical (unpaired) electrons. The summed E-state index contributed by atoms with van der Waals surface area (Å²) >= 11 is 0. The monoisotopic (exact) mass is 443 g/mol. The highest BCUT2D eigenvalue weighted by Crippen LogP contribution is 2.33. The molecular weight excluding hydrogens is 418 g/mol. The van der Waals surface area contributed by atoms with Crippen molar-refractivity contribution >= 4 is 35.3 Å². The van der Waals surface area contributed by atoms with Crippen LogP contribution >= 0.6 is 0 Å². The van der Waals surface area contributed by atoms with Crippen LogP contribution in [-0.4, -0.2) is 59.4 Å². The zero-order valence-corrected chi connectivity index (χ0v) is 17.8. The van der Waals surface area contributed by atoms with Crippen molar-refractivity contribution in [2.45, 2.75) is 51.5 Å². The van der Waals surface area contributed by atoms with Crippen LogP contribution in [0.5, 0.6) is 5.75 Å². The summed E-state index contributed by atoms with van der Waals surface area (Å²) in [6.45, 7) is 2.12. The van der Waals surface area contributed by atoms with E-state index in [4.69, 9.17) is 4.74 Å². The van der Waals surface area contributed by atoms with E-state index >= 15 is 0 Å². The van der Waals surface area contributed by atoms with Crippen LogP contribution in [0.25, 0.3) is 0 Å². The van der Waals surface area contributed by atoms with Crippen LogP contribution in [0.3, 0.4) is 0 Å². The number of unbranched alkanes of at least 4 members (excludes halogenated alkanes) is 1. The number of amides is 5. The van der Waals surface area contributed by atoms with Gasteiger partial charge in [-0.2, -0.15) is 0 Å². The Morgan fingerprint density at radius 2 is 1.88 bits per heavy atom. The Balaban J connectivity index is 1.60. The molecule has 1 atom stereocenters. The molecule has 1 aromatic rings. The second kappa shape index (κ2) is 10.2. The number of piperidine rings is 1. The van der Waals surface area contributed by atoms with E-state index in [0.717, 1.165) is 4.90 Å². The lowest BCUT2D eigenvalue weighted by Gasteiger charge is -2.27. The molecular formula is C22H25N3O7. The van der Waals surface area contributed by atoms with E-state index in [0.29, 0.717) is 25.8 Å². The van der Waals surface area contributed by atoms with E-state index in [2.05, 4.69) is 10.6 Å². The van der Waals surface area contributed by atoms with Gasteiger partial charge in [-0.05, 0) is 38.3 Å². The second-order valence-corrected chi connectivity index (χ2v) is 7.61. The maximum Gasteiger partial charge on any atom is 0.266 e. The van der Waals surface area contributed by atoms with Gasteiger partial charge in [-0.15, -0.1) is 0 Å². The molecule has 1 saturated heterocycles. The average molecular weight is 443 g/mol. The number of Topliss-reactive ketones (excluding diaryl/α,β-unsaturated/α-hetero) is 1. The fraction of sp³-hybridized carbons (Fsp3) is 0.455. The minimum Gasteiger partial charge on any atom is -0.485 e. The van der Waals surface area contributed by atoms with Gasteiger partial charge in [-0.25, -0.2) is 0 Å². The molecule has 10 heteroatoms. The van der Waals surface area contributed by atoms with Crippen molar-refractivity contribution in [1.82, 2.24) is 15.5 Å². The van der Waals surface area contributed by atoms with Crippen molar-refractivity contribution in [1.29, 1.82) is 0 Å². The predicted molar refractivity (Wildman–Crippen MR) is 111 cm³/mol. The molecule has 2 N–H and O–H groups in total. The molecule has 1 aromatic carbocycles. The van der Waals surface area contributed by atoms with Gasteiger partial charge < -0.3 is 10.1 Å². The van der Waals surface area contributed by atoms with Gasteiger partial charge in [0.25, 0.3) is 11.8 Å². The number of hydrogen-bond donors (Lipinski definition) is 2. The molecule has 2 aliphatic rings. The van der Waals surface area contributed by atoms with E-state index in [-0.39, 0.29) is 54.4 Å². The van der Waals surface area contributed by atoms with Crippen molar-refractivity contribution in [3.05, 3.63) is 29.3 Å². The van der Waals surface area contributed by atoms with Crippen LogP contribution in [0.4, 0.5) is 0 Å². The Morgan fingerprint density at radius 1 is 1.12 bits per heavy atom. The van der Waals surface area contributed by atoms with Gasteiger partial charge in [0.2, 0.25) is 17.7 Å². The predicted octanol–water partition coefficient (Wildman–Crippen LogP) is 0.732. The maximum absolute atomic E-state index is 13.0. The van der Waals surface area contributed by atoms with Crippen molar-refractivity contribution in [2.24, 2.45) is 0 Å². The van der Waals surface area contributed by atoms with Gasteiger partial charge in [0.15, 0.2) is 5.78 Å². The summed E-state index contributed by atoms with van der Waals surface area (Å²) in [5.74, 6) is -2.63. The van der Waals surface area contributed by atoms with Crippen molar-refractivity contribution in [3.63, 3.8) is 0 Å². The number of ketones is 1. The van der Waals surface area contributed by atoms with Crippen LogP contribution in [0.1, 0.15) is 66.2 Å². The van der Waals surface area contributed by atoms with Crippen LogP contribution in [-0.2, 0) is 19.2 Å². The van der Waals surface area contributed by atoms with Gasteiger partial charge >= 0.3 is 0 Å². The minimum absolute atomic E-state index is 0.00577. The fourth-order valence-electron chi connectivity index (χ4n) is 3.73. The summed E-state index contributed by atoms with van der Waals surface area (Å²) in [5.41, 5.74) is 0.0952. The maximum atomic E-state index is 13.0. The zero-order valence-electron chi connectivity index (χ0n) is 17.8. The quantitative estimate of drug-likeness (QED) is 0.401. The van der Waals surface area contributed by atoms with Crippen LogP contribution in [0, 0.1) is 0 Å². The first-order valence-electron chi connectivity index (χ1n) is 10.6. The Hall–Kier alpha value is -3.56. The third kappa shape index (κ3) is 5.01. The van der Waals surface area contributed by atoms with E-state index in [1.807, 2.05) is 6.92 Å². The first-order chi connectivity index (χ1) is 15.3. The molecule has 1 fully saturated rings. The van der Waals surface area contributed by atoms with Crippen LogP contribution in [0.15, 0.2) is 18.2 Å². The van der Waals surface area contributed by atoms with E-state index < -0.39 is 29.7 Å². The summed E-state index contributed by atoms with van der Waals surface area (Å²) in [5, 5.41) is 4.83. The summed E-state index contributed by atoms with van der Waals surface area (Å²) in [4.78, 5) is 73.7. The largest absolute Gasteiger partial charge is 0.485 e. The third-order valence-corrected chi connectivity index (χ3v) is 5.30. The normalized spacial score (nSPS) is 17.8. The third-order valence-electron chi connectivity index (χ3n) is 5.30. The van der Waals surface area contributed by atoms with E-state index in [9.17, 15) is 28.8 Å². The number of fused-ring (bicyclic) bond motifs is 1. The Labute approximate surface area is 184 Å². The number of ether oxygens (including phenoxy) is 1. The fourth-order valence-corrected chi connectivity index (χ4v) is 3.73. The lowest BCUT2D eigenvalue weighted by molar-refractivity contribution is -0.136. The van der Waals surface area contributed by atoms with Gasteiger partial charge in [0.1, 0.15) is 18.4 Å². The SMILES string of the molecule is CCNC(=O)CCCCC(=O)COc1cccc2c1C(=O)N(C1CCC(=O)NC1=O)C2=O. The molecule has 0 bridgehead atoms. The molecule has 3 rings (SSSR count). The number of imide groups is 2. The summed E-state index contributed by atoms with van der Waals surface area (Å²) in [6.07, 6.45) is 1.77. The number of benzene rings is 1. The Kier molecular flexibility index (Phi) is 7.34. The van der Waals surface area contributed by atoms with Crippen molar-refractivity contribution in [2.75, 3.05) is 13.2 Å². The highest BCUT2D eigenvalue weighted by atomic mass is 16.5. The summed E-state index contributed by atoms with van der Waals surface area (Å²) in [7, 11) is 0. The second-order valence-electron chi connectivity index (χ2n) is 7.61. The van der Waals surface area contributed by atoms with Crippen molar-refractivity contribution < 1.29 is 33.5 Å². The molecule has 2 heterocycles. The van der Waals surface area contributed by atoms with Gasteiger partial charge in [-0.3, -0.25) is 39.0 Å². The highest BCUT2D eigenvalue weighted by molar-refractivity contribution is 6.24. The molecule has 2 aliphatic heterocycles. The number of nitrogens with zero attached hydrogens (tertiary/aromatic N) is 1. The molecule has 0 aliphatic carbocycles.